The minimum Gasteiger partial charge on any atom is -0.480 e. The Morgan fingerprint density at radius 1 is 1.32 bits per heavy atom. The average Bonchev–Trinajstić information content (AvgIpc) is 2.47. The summed E-state index contributed by atoms with van der Waals surface area (Å²) in [4.78, 5) is 8.81. The van der Waals surface area contributed by atoms with Crippen LogP contribution in [-0.4, -0.2) is 23.6 Å². The fourth-order valence-electron chi connectivity index (χ4n) is 3.36. The van der Waals surface area contributed by atoms with Gasteiger partial charge in [-0.05, 0) is 31.2 Å². The van der Waals surface area contributed by atoms with Gasteiger partial charge in [-0.2, -0.15) is 0 Å². The van der Waals surface area contributed by atoms with E-state index in [0.717, 1.165) is 18.2 Å². The molecule has 1 fully saturated rings. The van der Waals surface area contributed by atoms with E-state index in [0.29, 0.717) is 17.7 Å². The van der Waals surface area contributed by atoms with Crippen LogP contribution < -0.4 is 10.5 Å². The second-order valence-electron chi connectivity index (χ2n) is 5.52. The van der Waals surface area contributed by atoms with Gasteiger partial charge in [-0.1, -0.05) is 26.2 Å². The Bertz CT molecular complexity index is 397. The van der Waals surface area contributed by atoms with Gasteiger partial charge in [-0.15, -0.1) is 0 Å². The molecular formula is C15H25N3O. The van der Waals surface area contributed by atoms with Gasteiger partial charge < -0.3 is 10.5 Å². The SMILES string of the molecule is CCCC1CCC(CN)C(c2nccnc2OC)C1. The Labute approximate surface area is 115 Å². The van der Waals surface area contributed by atoms with Gasteiger partial charge in [0.1, 0.15) is 5.69 Å². The van der Waals surface area contributed by atoms with Gasteiger partial charge in [0.05, 0.1) is 7.11 Å². The van der Waals surface area contributed by atoms with Crippen LogP contribution in [0.4, 0.5) is 0 Å². The third-order valence-corrected chi connectivity index (χ3v) is 4.34. The highest BCUT2D eigenvalue weighted by molar-refractivity contribution is 5.23. The Kier molecular flexibility index (Phi) is 5.14. The molecule has 1 aliphatic rings. The van der Waals surface area contributed by atoms with E-state index in [4.69, 9.17) is 10.5 Å². The molecule has 0 amide bonds. The molecule has 4 heteroatoms. The molecule has 0 bridgehead atoms. The fraction of sp³-hybridized carbons (Fsp3) is 0.733. The zero-order valence-electron chi connectivity index (χ0n) is 12.0. The zero-order chi connectivity index (χ0) is 13.7. The maximum Gasteiger partial charge on any atom is 0.235 e. The van der Waals surface area contributed by atoms with Crippen molar-refractivity contribution in [2.75, 3.05) is 13.7 Å². The molecule has 1 aliphatic carbocycles. The molecule has 0 saturated heterocycles. The van der Waals surface area contributed by atoms with Crippen molar-refractivity contribution in [3.63, 3.8) is 0 Å². The van der Waals surface area contributed by atoms with E-state index in [1.807, 2.05) is 0 Å². The monoisotopic (exact) mass is 263 g/mol. The Morgan fingerprint density at radius 3 is 2.79 bits per heavy atom. The highest BCUT2D eigenvalue weighted by Gasteiger charge is 2.33. The minimum atomic E-state index is 0.402. The molecular weight excluding hydrogens is 238 g/mol. The fourth-order valence-corrected chi connectivity index (χ4v) is 3.36. The number of methoxy groups -OCH3 is 1. The predicted molar refractivity (Wildman–Crippen MR) is 76.1 cm³/mol. The molecule has 1 saturated carbocycles. The summed E-state index contributed by atoms with van der Waals surface area (Å²) in [5.74, 6) is 2.38. The molecule has 3 unspecified atom stereocenters. The first-order valence-corrected chi connectivity index (χ1v) is 7.35. The summed E-state index contributed by atoms with van der Waals surface area (Å²) >= 11 is 0. The van der Waals surface area contributed by atoms with Crippen molar-refractivity contribution in [3.05, 3.63) is 18.1 Å². The molecule has 1 aromatic rings. The maximum absolute atomic E-state index is 5.95. The lowest BCUT2D eigenvalue weighted by molar-refractivity contribution is 0.221. The van der Waals surface area contributed by atoms with Crippen molar-refractivity contribution >= 4 is 0 Å². The molecule has 3 atom stereocenters. The van der Waals surface area contributed by atoms with Crippen molar-refractivity contribution in [3.8, 4) is 5.88 Å². The summed E-state index contributed by atoms with van der Waals surface area (Å²) in [6, 6.07) is 0. The molecule has 0 spiro atoms. The van der Waals surface area contributed by atoms with Crippen LogP contribution in [0.15, 0.2) is 12.4 Å². The second kappa shape index (κ2) is 6.85. The molecule has 2 N–H and O–H groups in total. The van der Waals surface area contributed by atoms with E-state index >= 15 is 0 Å². The number of hydrogen-bond acceptors (Lipinski definition) is 4. The molecule has 106 valence electrons. The molecule has 0 aromatic carbocycles. The maximum atomic E-state index is 5.95. The molecule has 2 rings (SSSR count). The summed E-state index contributed by atoms with van der Waals surface area (Å²) in [6.07, 6.45) is 9.67. The van der Waals surface area contributed by atoms with E-state index < -0.39 is 0 Å². The summed E-state index contributed by atoms with van der Waals surface area (Å²) in [5.41, 5.74) is 6.95. The number of nitrogens with zero attached hydrogens (tertiary/aromatic N) is 2. The molecule has 0 radical (unpaired) electrons. The zero-order valence-corrected chi connectivity index (χ0v) is 12.0. The summed E-state index contributed by atoms with van der Waals surface area (Å²) in [6.45, 7) is 2.98. The lowest BCUT2D eigenvalue weighted by atomic mass is 9.71. The lowest BCUT2D eigenvalue weighted by Gasteiger charge is -2.35. The van der Waals surface area contributed by atoms with E-state index in [9.17, 15) is 0 Å². The summed E-state index contributed by atoms with van der Waals surface area (Å²) in [7, 11) is 1.66. The van der Waals surface area contributed by atoms with Crippen molar-refractivity contribution in [2.24, 2.45) is 17.6 Å². The van der Waals surface area contributed by atoms with Crippen LogP contribution in [0.3, 0.4) is 0 Å². The van der Waals surface area contributed by atoms with Gasteiger partial charge in [0.25, 0.3) is 0 Å². The van der Waals surface area contributed by atoms with Gasteiger partial charge in [-0.25, -0.2) is 4.98 Å². The largest absolute Gasteiger partial charge is 0.480 e. The Morgan fingerprint density at radius 2 is 2.11 bits per heavy atom. The molecule has 1 heterocycles. The van der Waals surface area contributed by atoms with E-state index in [1.54, 1.807) is 19.5 Å². The third kappa shape index (κ3) is 3.24. The summed E-state index contributed by atoms with van der Waals surface area (Å²) < 4.78 is 5.37. The van der Waals surface area contributed by atoms with Crippen molar-refractivity contribution in [1.29, 1.82) is 0 Å². The average molecular weight is 263 g/mol. The lowest BCUT2D eigenvalue weighted by Crippen LogP contribution is -2.30. The van der Waals surface area contributed by atoms with Gasteiger partial charge in [0.2, 0.25) is 5.88 Å². The van der Waals surface area contributed by atoms with Crippen LogP contribution in [-0.2, 0) is 0 Å². The Hall–Kier alpha value is -1.16. The third-order valence-electron chi connectivity index (χ3n) is 4.34. The van der Waals surface area contributed by atoms with Crippen molar-refractivity contribution < 1.29 is 4.74 Å². The number of aromatic nitrogens is 2. The van der Waals surface area contributed by atoms with E-state index in [1.165, 1.54) is 32.1 Å². The standard InChI is InChI=1S/C15H25N3O/c1-3-4-11-5-6-12(10-16)13(9-11)14-15(19-2)18-8-7-17-14/h7-8,11-13H,3-6,9-10,16H2,1-2H3. The highest BCUT2D eigenvalue weighted by Crippen LogP contribution is 2.42. The second-order valence-corrected chi connectivity index (χ2v) is 5.52. The van der Waals surface area contributed by atoms with Crippen LogP contribution >= 0.6 is 0 Å². The molecule has 1 aromatic heterocycles. The number of hydrogen-bond donors (Lipinski definition) is 1. The first kappa shape index (κ1) is 14.3. The molecule has 4 nitrogen and oxygen atoms in total. The quantitative estimate of drug-likeness (QED) is 0.887. The van der Waals surface area contributed by atoms with Gasteiger partial charge >= 0.3 is 0 Å². The first-order valence-electron chi connectivity index (χ1n) is 7.35. The van der Waals surface area contributed by atoms with Crippen LogP contribution in [0.2, 0.25) is 0 Å². The van der Waals surface area contributed by atoms with Gasteiger partial charge in [0.15, 0.2) is 0 Å². The van der Waals surface area contributed by atoms with E-state index in [-0.39, 0.29) is 0 Å². The van der Waals surface area contributed by atoms with Crippen molar-refractivity contribution in [2.45, 2.75) is 44.9 Å². The van der Waals surface area contributed by atoms with Crippen molar-refractivity contribution in [1.82, 2.24) is 9.97 Å². The predicted octanol–water partition coefficient (Wildman–Crippen LogP) is 2.74. The van der Waals surface area contributed by atoms with Gasteiger partial charge in [-0.3, -0.25) is 4.98 Å². The smallest absolute Gasteiger partial charge is 0.235 e. The van der Waals surface area contributed by atoms with E-state index in [2.05, 4.69) is 16.9 Å². The molecule has 0 aliphatic heterocycles. The van der Waals surface area contributed by atoms with Crippen LogP contribution in [0, 0.1) is 11.8 Å². The number of rotatable bonds is 5. The minimum absolute atomic E-state index is 0.402. The Balaban J connectivity index is 2.22. The molecule has 19 heavy (non-hydrogen) atoms. The first-order chi connectivity index (χ1) is 9.30. The van der Waals surface area contributed by atoms with Crippen LogP contribution in [0.5, 0.6) is 5.88 Å². The number of nitrogens with two attached hydrogens (primary N) is 1. The van der Waals surface area contributed by atoms with Gasteiger partial charge in [0, 0.05) is 18.3 Å². The topological polar surface area (TPSA) is 61.0 Å². The number of ether oxygens (including phenoxy) is 1. The van der Waals surface area contributed by atoms with Crippen LogP contribution in [0.25, 0.3) is 0 Å². The highest BCUT2D eigenvalue weighted by atomic mass is 16.5. The summed E-state index contributed by atoms with van der Waals surface area (Å²) in [5, 5.41) is 0. The normalized spacial score (nSPS) is 27.2. The van der Waals surface area contributed by atoms with Crippen LogP contribution in [0.1, 0.15) is 50.6 Å².